The van der Waals surface area contributed by atoms with E-state index in [9.17, 15) is 0 Å². The van der Waals surface area contributed by atoms with Gasteiger partial charge in [0, 0.05) is 24.1 Å². The Balaban J connectivity index is 2.69. The molecular formula is C14H15N. The van der Waals surface area contributed by atoms with E-state index in [1.807, 2.05) is 6.08 Å². The Morgan fingerprint density at radius 1 is 1.33 bits per heavy atom. The fourth-order valence-electron chi connectivity index (χ4n) is 1.84. The molecule has 0 spiro atoms. The van der Waals surface area contributed by atoms with Gasteiger partial charge in [-0.05, 0) is 24.6 Å². The van der Waals surface area contributed by atoms with Crippen molar-refractivity contribution in [3.8, 4) is 0 Å². The van der Waals surface area contributed by atoms with E-state index in [0.29, 0.717) is 0 Å². The lowest BCUT2D eigenvalue weighted by Crippen LogP contribution is -1.82. The lowest BCUT2D eigenvalue weighted by molar-refractivity contribution is 0.968. The Kier molecular flexibility index (Phi) is 2.46. The zero-order valence-electron chi connectivity index (χ0n) is 9.20. The van der Waals surface area contributed by atoms with Crippen LogP contribution < -0.4 is 0 Å². The third kappa shape index (κ3) is 1.73. The molecule has 0 amide bonds. The van der Waals surface area contributed by atoms with Crippen LogP contribution in [-0.2, 0) is 7.05 Å². The maximum atomic E-state index is 3.69. The molecule has 1 nitrogen and oxygen atoms in total. The molecular weight excluding hydrogens is 182 g/mol. The average Bonchev–Trinajstić information content (AvgIpc) is 2.52. The van der Waals surface area contributed by atoms with E-state index < -0.39 is 0 Å². The number of aryl methyl sites for hydroxylation is 2. The summed E-state index contributed by atoms with van der Waals surface area (Å²) in [5, 5.41) is 1.30. The third-order valence-electron chi connectivity index (χ3n) is 2.59. The quantitative estimate of drug-likeness (QED) is 0.647. The van der Waals surface area contributed by atoms with E-state index >= 15 is 0 Å². The lowest BCUT2D eigenvalue weighted by atomic mass is 10.1. The Labute approximate surface area is 90.3 Å². The van der Waals surface area contributed by atoms with Crippen LogP contribution in [0.1, 0.15) is 11.1 Å². The van der Waals surface area contributed by atoms with E-state index in [-0.39, 0.29) is 0 Å². The summed E-state index contributed by atoms with van der Waals surface area (Å²) in [4.78, 5) is 0. The molecule has 0 unspecified atom stereocenters. The molecule has 0 N–H and O–H groups in total. The molecule has 76 valence electrons. The maximum Gasteiger partial charge on any atom is 0.0484 e. The number of nitrogens with zero attached hydrogens (tertiary/aromatic N) is 1. The van der Waals surface area contributed by atoms with Gasteiger partial charge in [-0.25, -0.2) is 0 Å². The fourth-order valence-corrected chi connectivity index (χ4v) is 1.84. The number of rotatable bonds is 2. The minimum atomic E-state index is 1.25. The summed E-state index contributed by atoms with van der Waals surface area (Å²) in [7, 11) is 2.07. The first-order valence-electron chi connectivity index (χ1n) is 5.07. The standard InChI is InChI=1S/C14H15N/c1-4-5-6-12-10-15(3)14-8-7-11(2)9-13(12)14/h4-10H,1H2,2-3H3/b6-5-. The number of fused-ring (bicyclic) bond motifs is 1. The van der Waals surface area contributed by atoms with Crippen molar-refractivity contribution < 1.29 is 0 Å². The van der Waals surface area contributed by atoms with Gasteiger partial charge >= 0.3 is 0 Å². The topological polar surface area (TPSA) is 4.93 Å². The van der Waals surface area contributed by atoms with Gasteiger partial charge in [-0.3, -0.25) is 0 Å². The molecule has 0 aliphatic rings. The summed E-state index contributed by atoms with van der Waals surface area (Å²) in [5.74, 6) is 0. The van der Waals surface area contributed by atoms with Crippen LogP contribution in [0, 0.1) is 6.92 Å². The monoisotopic (exact) mass is 197 g/mol. The van der Waals surface area contributed by atoms with Crippen LogP contribution >= 0.6 is 0 Å². The molecule has 1 aromatic heterocycles. The number of benzene rings is 1. The number of hydrogen-bond acceptors (Lipinski definition) is 0. The Hall–Kier alpha value is -1.76. The van der Waals surface area contributed by atoms with Crippen molar-refractivity contribution in [2.75, 3.05) is 0 Å². The Morgan fingerprint density at radius 2 is 2.13 bits per heavy atom. The second-order valence-electron chi connectivity index (χ2n) is 3.81. The summed E-state index contributed by atoms with van der Waals surface area (Å²) in [6.07, 6.45) is 8.00. The van der Waals surface area contributed by atoms with Crippen LogP contribution in [0.5, 0.6) is 0 Å². The molecule has 0 fully saturated rings. The summed E-state index contributed by atoms with van der Waals surface area (Å²) < 4.78 is 2.15. The van der Waals surface area contributed by atoms with E-state index in [1.54, 1.807) is 6.08 Å². The van der Waals surface area contributed by atoms with Crippen LogP contribution in [0.25, 0.3) is 17.0 Å². The molecule has 0 bridgehead atoms. The summed E-state index contributed by atoms with van der Waals surface area (Å²) in [6.45, 7) is 5.81. The van der Waals surface area contributed by atoms with E-state index in [1.165, 1.54) is 22.0 Å². The van der Waals surface area contributed by atoms with Gasteiger partial charge in [0.1, 0.15) is 0 Å². The average molecular weight is 197 g/mol. The van der Waals surface area contributed by atoms with Crippen molar-refractivity contribution in [2.24, 2.45) is 7.05 Å². The van der Waals surface area contributed by atoms with Crippen molar-refractivity contribution in [3.05, 3.63) is 54.3 Å². The Morgan fingerprint density at radius 3 is 2.87 bits per heavy atom. The van der Waals surface area contributed by atoms with E-state index in [2.05, 4.69) is 55.6 Å². The largest absolute Gasteiger partial charge is 0.350 e. The molecule has 0 aliphatic carbocycles. The van der Waals surface area contributed by atoms with Gasteiger partial charge in [0.15, 0.2) is 0 Å². The Bertz CT molecular complexity index is 530. The molecule has 0 saturated carbocycles. The number of hydrogen-bond donors (Lipinski definition) is 0. The second-order valence-corrected chi connectivity index (χ2v) is 3.81. The van der Waals surface area contributed by atoms with E-state index in [0.717, 1.165) is 0 Å². The lowest BCUT2D eigenvalue weighted by Gasteiger charge is -1.96. The summed E-state index contributed by atoms with van der Waals surface area (Å²) in [6, 6.07) is 6.53. The van der Waals surface area contributed by atoms with Gasteiger partial charge in [0.25, 0.3) is 0 Å². The highest BCUT2D eigenvalue weighted by atomic mass is 14.9. The number of aromatic nitrogens is 1. The van der Waals surface area contributed by atoms with Gasteiger partial charge in [0.05, 0.1) is 0 Å². The maximum absolute atomic E-state index is 3.69. The minimum Gasteiger partial charge on any atom is -0.350 e. The first-order chi connectivity index (χ1) is 7.22. The molecule has 1 aromatic carbocycles. The molecule has 0 aliphatic heterocycles. The molecule has 0 radical (unpaired) electrons. The zero-order valence-corrected chi connectivity index (χ0v) is 9.20. The zero-order chi connectivity index (χ0) is 10.8. The van der Waals surface area contributed by atoms with Crippen LogP contribution in [0.4, 0.5) is 0 Å². The molecule has 15 heavy (non-hydrogen) atoms. The van der Waals surface area contributed by atoms with Crippen molar-refractivity contribution in [1.82, 2.24) is 4.57 Å². The van der Waals surface area contributed by atoms with Crippen LogP contribution in [0.3, 0.4) is 0 Å². The SMILES string of the molecule is C=C/C=C\c1cn(C)c2ccc(C)cc12. The predicted octanol–water partition coefficient (Wildman–Crippen LogP) is 3.69. The normalized spacial score (nSPS) is 11.3. The molecule has 2 rings (SSSR count). The van der Waals surface area contributed by atoms with Crippen LogP contribution in [-0.4, -0.2) is 4.57 Å². The summed E-state index contributed by atoms with van der Waals surface area (Å²) in [5.41, 5.74) is 3.81. The molecule has 0 saturated heterocycles. The highest BCUT2D eigenvalue weighted by Crippen LogP contribution is 2.22. The number of allylic oxidation sites excluding steroid dienone is 2. The predicted molar refractivity (Wildman–Crippen MR) is 66.9 cm³/mol. The van der Waals surface area contributed by atoms with Crippen molar-refractivity contribution in [2.45, 2.75) is 6.92 Å². The minimum absolute atomic E-state index is 1.25. The van der Waals surface area contributed by atoms with E-state index in [4.69, 9.17) is 0 Å². The molecule has 0 atom stereocenters. The van der Waals surface area contributed by atoms with Gasteiger partial charge in [-0.2, -0.15) is 0 Å². The van der Waals surface area contributed by atoms with Crippen molar-refractivity contribution >= 4 is 17.0 Å². The van der Waals surface area contributed by atoms with Crippen molar-refractivity contribution in [1.29, 1.82) is 0 Å². The third-order valence-corrected chi connectivity index (χ3v) is 2.59. The summed E-state index contributed by atoms with van der Waals surface area (Å²) >= 11 is 0. The molecule has 1 heteroatoms. The van der Waals surface area contributed by atoms with Crippen LogP contribution in [0.2, 0.25) is 0 Å². The van der Waals surface area contributed by atoms with Crippen molar-refractivity contribution in [3.63, 3.8) is 0 Å². The molecule has 1 heterocycles. The highest BCUT2D eigenvalue weighted by molar-refractivity contribution is 5.90. The molecule has 2 aromatic rings. The van der Waals surface area contributed by atoms with Crippen LogP contribution in [0.15, 0.2) is 43.1 Å². The first-order valence-corrected chi connectivity index (χ1v) is 5.07. The van der Waals surface area contributed by atoms with Gasteiger partial charge in [0.2, 0.25) is 0 Å². The second kappa shape index (κ2) is 3.77. The smallest absolute Gasteiger partial charge is 0.0484 e. The fraction of sp³-hybridized carbons (Fsp3) is 0.143. The highest BCUT2D eigenvalue weighted by Gasteiger charge is 2.03. The van der Waals surface area contributed by atoms with Gasteiger partial charge in [-0.1, -0.05) is 36.4 Å². The first kappa shape index (κ1) is 9.78. The van der Waals surface area contributed by atoms with Gasteiger partial charge < -0.3 is 4.57 Å². The van der Waals surface area contributed by atoms with Gasteiger partial charge in [-0.15, -0.1) is 0 Å².